The van der Waals surface area contributed by atoms with Crippen LogP contribution in [0.4, 0.5) is 17.6 Å². The number of rotatable bonds is 10. The van der Waals surface area contributed by atoms with Crippen molar-refractivity contribution in [2.75, 3.05) is 26.2 Å². The minimum absolute atomic E-state index is 0.238. The van der Waals surface area contributed by atoms with E-state index in [-0.39, 0.29) is 10.7 Å². The molecular formula is C28H31F4N3O4S. The fraction of sp³-hybridized carbons (Fsp3) is 0.321. The molecule has 0 spiro atoms. The van der Waals surface area contributed by atoms with Crippen LogP contribution in [0.1, 0.15) is 24.0 Å². The van der Waals surface area contributed by atoms with Crippen molar-refractivity contribution in [3.63, 3.8) is 0 Å². The summed E-state index contributed by atoms with van der Waals surface area (Å²) in [6.07, 6.45) is -2.70. The van der Waals surface area contributed by atoms with Gasteiger partial charge in [0, 0.05) is 26.2 Å². The lowest BCUT2D eigenvalue weighted by molar-refractivity contribution is -0.192. The van der Waals surface area contributed by atoms with E-state index in [2.05, 4.69) is 21.0 Å². The molecule has 3 aromatic carbocycles. The van der Waals surface area contributed by atoms with E-state index in [4.69, 9.17) is 9.90 Å². The summed E-state index contributed by atoms with van der Waals surface area (Å²) < 4.78 is 73.1. The number of carbonyl (C=O) groups is 1. The molecule has 12 heteroatoms. The van der Waals surface area contributed by atoms with Crippen molar-refractivity contribution >= 4 is 16.0 Å². The lowest BCUT2D eigenvalue weighted by Crippen LogP contribution is -2.33. The van der Waals surface area contributed by atoms with Gasteiger partial charge < -0.3 is 15.3 Å². The van der Waals surface area contributed by atoms with Gasteiger partial charge in [0.2, 0.25) is 10.0 Å². The molecule has 1 saturated heterocycles. The predicted molar refractivity (Wildman–Crippen MR) is 143 cm³/mol. The number of nitrogens with one attached hydrogen (secondary N) is 2. The van der Waals surface area contributed by atoms with E-state index in [0.29, 0.717) is 19.6 Å². The Bertz CT molecular complexity index is 1360. The van der Waals surface area contributed by atoms with Crippen LogP contribution in [0.15, 0.2) is 77.7 Å². The molecule has 0 saturated carbocycles. The summed E-state index contributed by atoms with van der Waals surface area (Å²) in [6.45, 7) is 4.55. The highest BCUT2D eigenvalue weighted by Crippen LogP contribution is 2.23. The van der Waals surface area contributed by atoms with Crippen LogP contribution in [0.5, 0.6) is 0 Å². The Labute approximate surface area is 230 Å². The van der Waals surface area contributed by atoms with E-state index in [0.717, 1.165) is 41.9 Å². The molecule has 0 atom stereocenters. The average Bonchev–Trinajstić information content (AvgIpc) is 3.43. The third kappa shape index (κ3) is 10.0. The van der Waals surface area contributed by atoms with E-state index in [1.54, 1.807) is 30.3 Å². The van der Waals surface area contributed by atoms with Crippen LogP contribution < -0.4 is 10.0 Å². The van der Waals surface area contributed by atoms with Gasteiger partial charge in [-0.05, 0) is 78.5 Å². The zero-order valence-corrected chi connectivity index (χ0v) is 22.4. The maximum atomic E-state index is 13.0. The molecule has 7 nitrogen and oxygen atoms in total. The fourth-order valence-corrected chi connectivity index (χ4v) is 5.15. The zero-order chi connectivity index (χ0) is 29.2. The van der Waals surface area contributed by atoms with Gasteiger partial charge >= 0.3 is 12.1 Å². The first-order valence-electron chi connectivity index (χ1n) is 12.6. The number of carboxylic acid groups (broad SMARTS) is 1. The molecule has 1 aliphatic rings. The Hall–Kier alpha value is -3.32. The van der Waals surface area contributed by atoms with Crippen LogP contribution in [0, 0.1) is 5.82 Å². The summed E-state index contributed by atoms with van der Waals surface area (Å²) in [5, 5.41) is 10.5. The fourth-order valence-electron chi connectivity index (χ4n) is 4.08. The molecule has 0 unspecified atom stereocenters. The molecule has 1 aliphatic heterocycles. The van der Waals surface area contributed by atoms with E-state index >= 15 is 0 Å². The molecule has 0 amide bonds. The van der Waals surface area contributed by atoms with Crippen molar-refractivity contribution in [3.8, 4) is 11.1 Å². The number of hydrogen-bond acceptors (Lipinski definition) is 5. The van der Waals surface area contributed by atoms with Crippen molar-refractivity contribution in [1.29, 1.82) is 0 Å². The van der Waals surface area contributed by atoms with Gasteiger partial charge in [0.05, 0.1) is 4.90 Å². The maximum absolute atomic E-state index is 13.0. The quantitative estimate of drug-likeness (QED) is 0.298. The standard InChI is InChI=1S/C26H30FN3O2S.C2HF3O2/c27-25-11-9-21(10-12-25)19-28-20-22-5-3-6-23(17-22)24-7-4-8-26(18-24)33(31,32)29-13-16-30-14-1-2-15-30;3-2(4,5)1(6)7/h3-12,17-18,28-29H,1-2,13-16,19-20H2;(H,6,7). The third-order valence-electron chi connectivity index (χ3n) is 6.14. The molecule has 4 rings (SSSR count). The first-order valence-corrected chi connectivity index (χ1v) is 14.1. The molecule has 1 heterocycles. The van der Waals surface area contributed by atoms with Crippen LogP contribution in [0.2, 0.25) is 0 Å². The van der Waals surface area contributed by atoms with Gasteiger partial charge in [0.1, 0.15) is 5.82 Å². The summed E-state index contributed by atoms with van der Waals surface area (Å²) in [7, 11) is -3.56. The van der Waals surface area contributed by atoms with Crippen LogP contribution in [0.25, 0.3) is 11.1 Å². The molecule has 0 aliphatic carbocycles. The Balaban J connectivity index is 0.000000559. The third-order valence-corrected chi connectivity index (χ3v) is 7.60. The largest absolute Gasteiger partial charge is 0.490 e. The topological polar surface area (TPSA) is 98.7 Å². The van der Waals surface area contributed by atoms with Crippen molar-refractivity contribution in [2.45, 2.75) is 37.0 Å². The molecule has 0 radical (unpaired) electrons. The Morgan fingerprint density at radius 1 is 0.875 bits per heavy atom. The minimum atomic E-state index is -5.08. The number of halogens is 4. The molecule has 216 valence electrons. The van der Waals surface area contributed by atoms with Crippen LogP contribution in [0.3, 0.4) is 0 Å². The highest BCUT2D eigenvalue weighted by Gasteiger charge is 2.38. The normalized spacial score (nSPS) is 14.0. The Morgan fingerprint density at radius 2 is 1.45 bits per heavy atom. The average molecular weight is 582 g/mol. The van der Waals surface area contributed by atoms with Crippen LogP contribution in [-0.2, 0) is 27.9 Å². The molecule has 0 bridgehead atoms. The highest BCUT2D eigenvalue weighted by molar-refractivity contribution is 7.89. The lowest BCUT2D eigenvalue weighted by Gasteiger charge is -2.15. The SMILES string of the molecule is O=C(O)C(F)(F)F.O=S(=O)(NCCN1CCCC1)c1cccc(-c2cccc(CNCc3ccc(F)cc3)c2)c1. The molecule has 3 aromatic rings. The molecule has 1 fully saturated rings. The highest BCUT2D eigenvalue weighted by atomic mass is 32.2. The van der Waals surface area contributed by atoms with E-state index in [1.807, 2.05) is 24.3 Å². The number of benzene rings is 3. The number of hydrogen-bond donors (Lipinski definition) is 3. The Kier molecular flexibility index (Phi) is 11.2. The number of sulfonamides is 1. The molecule has 40 heavy (non-hydrogen) atoms. The smallest absolute Gasteiger partial charge is 0.475 e. The first kappa shape index (κ1) is 31.2. The van der Waals surface area contributed by atoms with Gasteiger partial charge in [-0.25, -0.2) is 22.3 Å². The molecular weight excluding hydrogens is 550 g/mol. The second-order valence-electron chi connectivity index (χ2n) is 9.21. The Morgan fingerprint density at radius 3 is 2.08 bits per heavy atom. The van der Waals surface area contributed by atoms with Gasteiger partial charge in [-0.1, -0.05) is 42.5 Å². The number of carboxylic acids is 1. The minimum Gasteiger partial charge on any atom is -0.475 e. The summed E-state index contributed by atoms with van der Waals surface area (Å²) in [5.74, 6) is -3.00. The summed E-state index contributed by atoms with van der Waals surface area (Å²) >= 11 is 0. The number of nitrogens with zero attached hydrogens (tertiary/aromatic N) is 1. The van der Waals surface area contributed by atoms with Gasteiger partial charge in [-0.15, -0.1) is 0 Å². The maximum Gasteiger partial charge on any atom is 0.490 e. The van der Waals surface area contributed by atoms with Gasteiger partial charge in [-0.3, -0.25) is 0 Å². The van der Waals surface area contributed by atoms with Crippen molar-refractivity contribution < 1.29 is 35.9 Å². The summed E-state index contributed by atoms with van der Waals surface area (Å²) in [6, 6.07) is 21.6. The van der Waals surface area contributed by atoms with Crippen molar-refractivity contribution in [1.82, 2.24) is 14.9 Å². The van der Waals surface area contributed by atoms with Crippen LogP contribution >= 0.6 is 0 Å². The molecule has 3 N–H and O–H groups in total. The second-order valence-corrected chi connectivity index (χ2v) is 11.0. The predicted octanol–water partition coefficient (Wildman–Crippen LogP) is 4.79. The van der Waals surface area contributed by atoms with E-state index in [9.17, 15) is 26.0 Å². The second kappa shape index (κ2) is 14.4. The lowest BCUT2D eigenvalue weighted by atomic mass is 10.0. The first-order chi connectivity index (χ1) is 18.9. The van der Waals surface area contributed by atoms with Crippen molar-refractivity contribution in [3.05, 3.63) is 89.7 Å². The summed E-state index contributed by atoms with van der Waals surface area (Å²) in [4.78, 5) is 11.5. The number of likely N-dealkylation sites (tertiary alicyclic amines) is 1. The van der Waals surface area contributed by atoms with Gasteiger partial charge in [0.25, 0.3) is 0 Å². The number of alkyl halides is 3. The van der Waals surface area contributed by atoms with Gasteiger partial charge in [0.15, 0.2) is 0 Å². The zero-order valence-electron chi connectivity index (χ0n) is 21.6. The summed E-state index contributed by atoms with van der Waals surface area (Å²) in [5.41, 5.74) is 3.93. The van der Waals surface area contributed by atoms with Gasteiger partial charge in [-0.2, -0.15) is 13.2 Å². The van der Waals surface area contributed by atoms with Crippen LogP contribution in [-0.4, -0.2) is 56.7 Å². The van der Waals surface area contributed by atoms with E-state index in [1.165, 1.54) is 25.0 Å². The van der Waals surface area contributed by atoms with Crippen molar-refractivity contribution in [2.24, 2.45) is 0 Å². The monoisotopic (exact) mass is 581 g/mol. The molecule has 0 aromatic heterocycles. The number of aliphatic carboxylic acids is 1. The van der Waals surface area contributed by atoms with E-state index < -0.39 is 22.2 Å².